The molecule has 2 aromatic rings. The number of alkyl halides is 1. The Morgan fingerprint density at radius 2 is 2.00 bits per heavy atom. The Bertz CT molecular complexity index is 434. The molecule has 0 amide bonds. The summed E-state index contributed by atoms with van der Waals surface area (Å²) in [6.45, 7) is 2.13. The van der Waals surface area contributed by atoms with E-state index in [1.54, 1.807) is 0 Å². The van der Waals surface area contributed by atoms with Crippen LogP contribution in [0.25, 0.3) is 11.3 Å². The van der Waals surface area contributed by atoms with Gasteiger partial charge in [0.1, 0.15) is 0 Å². The first-order valence-corrected chi connectivity index (χ1v) is 6.16. The minimum absolute atomic E-state index is 0.844. The van der Waals surface area contributed by atoms with E-state index in [1.165, 1.54) is 16.8 Å². The molecule has 1 heterocycles. The summed E-state index contributed by atoms with van der Waals surface area (Å²) in [6.07, 6.45) is 0.987. The van der Waals surface area contributed by atoms with E-state index in [-0.39, 0.29) is 0 Å². The van der Waals surface area contributed by atoms with Crippen LogP contribution in [0.4, 0.5) is 0 Å². The summed E-state index contributed by atoms with van der Waals surface area (Å²) in [5.74, 6) is 0. The van der Waals surface area contributed by atoms with Gasteiger partial charge in [0.05, 0.1) is 5.69 Å². The van der Waals surface area contributed by atoms with Gasteiger partial charge in [-0.3, -0.25) is 5.10 Å². The van der Waals surface area contributed by atoms with Crippen LogP contribution < -0.4 is 0 Å². The number of aromatic nitrogens is 2. The van der Waals surface area contributed by atoms with Crippen LogP contribution in [0.1, 0.15) is 18.2 Å². The summed E-state index contributed by atoms with van der Waals surface area (Å²) in [5.41, 5.74) is 4.71. The fourth-order valence-electron chi connectivity index (χ4n) is 1.67. The van der Waals surface area contributed by atoms with Gasteiger partial charge in [0, 0.05) is 22.2 Å². The Morgan fingerprint density at radius 1 is 1.27 bits per heavy atom. The second-order valence-electron chi connectivity index (χ2n) is 3.38. The Balaban J connectivity index is 2.49. The van der Waals surface area contributed by atoms with Crippen molar-refractivity contribution in [2.24, 2.45) is 0 Å². The Kier molecular flexibility index (Phi) is 3.21. The zero-order valence-corrected chi connectivity index (χ0v) is 10.2. The first-order chi connectivity index (χ1) is 7.36. The zero-order valence-electron chi connectivity index (χ0n) is 8.63. The molecular formula is C12H13BrN2. The summed E-state index contributed by atoms with van der Waals surface area (Å²) >= 11 is 3.52. The van der Waals surface area contributed by atoms with Crippen LogP contribution in [0, 0.1) is 0 Å². The Hall–Kier alpha value is -1.09. The highest BCUT2D eigenvalue weighted by Gasteiger charge is 2.11. The minimum Gasteiger partial charge on any atom is -0.282 e. The molecule has 2 rings (SSSR count). The molecule has 0 fully saturated rings. The number of aromatic amines is 1. The standard InChI is InChI=1S/C12H13BrN2/c1-2-11-10(8-13)12(15-14-11)9-6-4-3-5-7-9/h3-7H,2,8H2,1H3,(H,14,15). The number of benzene rings is 1. The normalized spacial score (nSPS) is 10.5. The highest BCUT2D eigenvalue weighted by molar-refractivity contribution is 9.08. The number of hydrogen-bond acceptors (Lipinski definition) is 1. The largest absolute Gasteiger partial charge is 0.282 e. The fourth-order valence-corrected chi connectivity index (χ4v) is 2.28. The van der Waals surface area contributed by atoms with E-state index in [0.717, 1.165) is 17.4 Å². The van der Waals surface area contributed by atoms with E-state index < -0.39 is 0 Å². The van der Waals surface area contributed by atoms with Crippen molar-refractivity contribution in [3.8, 4) is 11.3 Å². The fraction of sp³-hybridized carbons (Fsp3) is 0.250. The molecule has 2 nitrogen and oxygen atoms in total. The van der Waals surface area contributed by atoms with Crippen LogP contribution in [0.5, 0.6) is 0 Å². The zero-order chi connectivity index (χ0) is 10.7. The number of hydrogen-bond donors (Lipinski definition) is 1. The van der Waals surface area contributed by atoms with Gasteiger partial charge < -0.3 is 0 Å². The second-order valence-corrected chi connectivity index (χ2v) is 3.94. The predicted molar refractivity (Wildman–Crippen MR) is 66.0 cm³/mol. The van der Waals surface area contributed by atoms with Gasteiger partial charge in [0.2, 0.25) is 0 Å². The maximum absolute atomic E-state index is 4.37. The van der Waals surface area contributed by atoms with Crippen molar-refractivity contribution < 1.29 is 0 Å². The number of aryl methyl sites for hydroxylation is 1. The number of halogens is 1. The second kappa shape index (κ2) is 4.62. The summed E-state index contributed by atoms with van der Waals surface area (Å²) in [6, 6.07) is 10.3. The van der Waals surface area contributed by atoms with Crippen LogP contribution in [-0.4, -0.2) is 10.2 Å². The lowest BCUT2D eigenvalue weighted by Gasteiger charge is -2.00. The first-order valence-electron chi connectivity index (χ1n) is 5.04. The van der Waals surface area contributed by atoms with Gasteiger partial charge in [-0.05, 0) is 6.42 Å². The minimum atomic E-state index is 0.844. The Morgan fingerprint density at radius 3 is 2.60 bits per heavy atom. The summed E-state index contributed by atoms with van der Waals surface area (Å²) in [5, 5.41) is 8.31. The molecule has 15 heavy (non-hydrogen) atoms. The van der Waals surface area contributed by atoms with Gasteiger partial charge in [0.15, 0.2) is 0 Å². The average Bonchev–Trinajstić information content (AvgIpc) is 2.72. The van der Waals surface area contributed by atoms with Crippen molar-refractivity contribution in [2.75, 3.05) is 0 Å². The molecule has 3 heteroatoms. The SMILES string of the molecule is CCc1[nH]nc(-c2ccccc2)c1CBr. The third-order valence-corrected chi connectivity index (χ3v) is 3.05. The molecular weight excluding hydrogens is 252 g/mol. The van der Waals surface area contributed by atoms with E-state index in [2.05, 4.69) is 45.2 Å². The maximum atomic E-state index is 4.37. The van der Waals surface area contributed by atoms with Crippen molar-refractivity contribution in [1.29, 1.82) is 0 Å². The van der Waals surface area contributed by atoms with Gasteiger partial charge in [-0.25, -0.2) is 0 Å². The molecule has 0 atom stereocenters. The van der Waals surface area contributed by atoms with E-state index in [9.17, 15) is 0 Å². The molecule has 1 N–H and O–H groups in total. The highest BCUT2D eigenvalue weighted by atomic mass is 79.9. The molecule has 0 bridgehead atoms. The smallest absolute Gasteiger partial charge is 0.0964 e. The molecule has 0 aliphatic carbocycles. The van der Waals surface area contributed by atoms with Crippen molar-refractivity contribution in [2.45, 2.75) is 18.7 Å². The topological polar surface area (TPSA) is 28.7 Å². The molecule has 0 saturated carbocycles. The Labute approximate surface area is 97.8 Å². The van der Waals surface area contributed by atoms with E-state index in [0.29, 0.717) is 0 Å². The van der Waals surface area contributed by atoms with E-state index in [1.807, 2.05) is 18.2 Å². The lowest BCUT2D eigenvalue weighted by Crippen LogP contribution is -1.87. The number of H-pyrrole nitrogens is 1. The molecule has 0 aliphatic heterocycles. The highest BCUT2D eigenvalue weighted by Crippen LogP contribution is 2.25. The molecule has 78 valence electrons. The number of rotatable bonds is 3. The molecule has 1 aromatic carbocycles. The quantitative estimate of drug-likeness (QED) is 0.845. The molecule has 0 saturated heterocycles. The third kappa shape index (κ3) is 1.97. The van der Waals surface area contributed by atoms with Gasteiger partial charge in [-0.2, -0.15) is 5.10 Å². The van der Waals surface area contributed by atoms with Gasteiger partial charge in [-0.15, -0.1) is 0 Å². The molecule has 0 unspecified atom stereocenters. The molecule has 1 aromatic heterocycles. The van der Waals surface area contributed by atoms with Gasteiger partial charge >= 0.3 is 0 Å². The van der Waals surface area contributed by atoms with Crippen LogP contribution in [-0.2, 0) is 11.8 Å². The number of nitrogens with one attached hydrogen (secondary N) is 1. The van der Waals surface area contributed by atoms with Crippen LogP contribution >= 0.6 is 15.9 Å². The van der Waals surface area contributed by atoms with Crippen molar-refractivity contribution in [3.63, 3.8) is 0 Å². The third-order valence-electron chi connectivity index (χ3n) is 2.49. The van der Waals surface area contributed by atoms with Crippen molar-refractivity contribution in [1.82, 2.24) is 10.2 Å². The summed E-state index contributed by atoms with van der Waals surface area (Å²) in [4.78, 5) is 0. The van der Waals surface area contributed by atoms with Crippen LogP contribution in [0.3, 0.4) is 0 Å². The monoisotopic (exact) mass is 264 g/mol. The predicted octanol–water partition coefficient (Wildman–Crippen LogP) is 3.53. The summed E-state index contributed by atoms with van der Waals surface area (Å²) in [7, 11) is 0. The maximum Gasteiger partial charge on any atom is 0.0964 e. The lowest BCUT2D eigenvalue weighted by atomic mass is 10.1. The van der Waals surface area contributed by atoms with E-state index in [4.69, 9.17) is 0 Å². The van der Waals surface area contributed by atoms with Gasteiger partial charge in [0.25, 0.3) is 0 Å². The van der Waals surface area contributed by atoms with Crippen LogP contribution in [0.15, 0.2) is 30.3 Å². The van der Waals surface area contributed by atoms with E-state index >= 15 is 0 Å². The first kappa shape index (κ1) is 10.4. The van der Waals surface area contributed by atoms with Crippen molar-refractivity contribution >= 4 is 15.9 Å². The lowest BCUT2D eigenvalue weighted by molar-refractivity contribution is 0.969. The molecule has 0 radical (unpaired) electrons. The van der Waals surface area contributed by atoms with Crippen LogP contribution in [0.2, 0.25) is 0 Å². The van der Waals surface area contributed by atoms with Gasteiger partial charge in [-0.1, -0.05) is 53.2 Å². The summed E-state index contributed by atoms with van der Waals surface area (Å²) < 4.78 is 0. The number of nitrogens with zero attached hydrogens (tertiary/aromatic N) is 1. The van der Waals surface area contributed by atoms with Crippen molar-refractivity contribution in [3.05, 3.63) is 41.6 Å². The molecule has 0 spiro atoms. The average molecular weight is 265 g/mol. The molecule has 0 aliphatic rings.